The average molecular weight is 266 g/mol. The Morgan fingerprint density at radius 3 is 3.05 bits per heavy atom. The predicted molar refractivity (Wildman–Crippen MR) is 63.2 cm³/mol. The zero-order chi connectivity index (χ0) is 13.4. The van der Waals surface area contributed by atoms with Crippen molar-refractivity contribution in [1.29, 1.82) is 0 Å². The fourth-order valence-electron chi connectivity index (χ4n) is 2.25. The van der Waals surface area contributed by atoms with Crippen molar-refractivity contribution in [2.24, 2.45) is 0 Å². The van der Waals surface area contributed by atoms with Crippen LogP contribution in [-0.4, -0.2) is 62.2 Å². The van der Waals surface area contributed by atoms with Crippen molar-refractivity contribution in [3.05, 3.63) is 18.3 Å². The lowest BCUT2D eigenvalue weighted by atomic mass is 10.1. The second-order valence-electron chi connectivity index (χ2n) is 4.34. The summed E-state index contributed by atoms with van der Waals surface area (Å²) < 4.78 is 10.8. The van der Waals surface area contributed by atoms with Crippen LogP contribution in [-0.2, 0) is 9.47 Å². The van der Waals surface area contributed by atoms with Gasteiger partial charge < -0.3 is 24.7 Å². The number of hydrogen-bond donors (Lipinski definition) is 3. The molecule has 2 aromatic heterocycles. The Bertz CT molecular complexity index is 575. The first-order valence-corrected chi connectivity index (χ1v) is 5.87. The third-order valence-corrected chi connectivity index (χ3v) is 3.24. The summed E-state index contributed by atoms with van der Waals surface area (Å²) in [4.78, 5) is 15.4. The van der Waals surface area contributed by atoms with Gasteiger partial charge in [0.15, 0.2) is 11.5 Å². The van der Waals surface area contributed by atoms with Crippen molar-refractivity contribution in [2.45, 2.75) is 24.4 Å². The van der Waals surface area contributed by atoms with E-state index in [2.05, 4.69) is 19.9 Å². The zero-order valence-electron chi connectivity index (χ0n) is 10.2. The molecule has 0 unspecified atom stereocenters. The van der Waals surface area contributed by atoms with E-state index in [1.54, 1.807) is 6.20 Å². The second-order valence-corrected chi connectivity index (χ2v) is 4.34. The molecule has 3 heterocycles. The first-order valence-electron chi connectivity index (χ1n) is 5.87. The Hall–Kier alpha value is -1.61. The van der Waals surface area contributed by atoms with Gasteiger partial charge >= 0.3 is 0 Å². The minimum absolute atomic E-state index is 0.290. The van der Waals surface area contributed by atoms with Crippen molar-refractivity contribution in [3.8, 4) is 0 Å². The molecule has 8 heteroatoms. The Morgan fingerprint density at radius 1 is 1.47 bits per heavy atom. The average Bonchev–Trinajstić information content (AvgIpc) is 3.01. The molecule has 4 atom stereocenters. The van der Waals surface area contributed by atoms with Crippen molar-refractivity contribution < 1.29 is 19.7 Å². The molecule has 1 fully saturated rings. The fourth-order valence-corrected chi connectivity index (χ4v) is 2.25. The van der Waals surface area contributed by atoms with Crippen LogP contribution in [0.15, 0.2) is 12.5 Å². The van der Waals surface area contributed by atoms with E-state index in [0.29, 0.717) is 11.5 Å². The summed E-state index contributed by atoms with van der Waals surface area (Å²) in [5.41, 5.74) is 1.24. The van der Waals surface area contributed by atoms with Crippen molar-refractivity contribution in [3.63, 3.8) is 0 Å². The molecule has 0 radical (unpaired) electrons. The number of aromatic amines is 1. The molecular weight excluding hydrogens is 252 g/mol. The number of methoxy groups -OCH3 is 1. The molecule has 0 amide bonds. The summed E-state index contributed by atoms with van der Waals surface area (Å²) in [7, 11) is 1.47. The molecule has 3 N–H and O–H groups in total. The molecule has 3 rings (SSSR count). The van der Waals surface area contributed by atoms with Crippen LogP contribution in [0.3, 0.4) is 0 Å². The maximum Gasteiger partial charge on any atom is 0.180 e. The van der Waals surface area contributed by atoms with Gasteiger partial charge in [0.05, 0.1) is 19.1 Å². The van der Waals surface area contributed by atoms with E-state index in [1.807, 2.05) is 0 Å². The maximum atomic E-state index is 9.97. The standard InChI is InChI=1S/C11H14N4O4/c1-18-8-7(17)6(3-16)19-9(8)11-12-2-5-10(15-11)14-4-13-5/h2,4,6-9,16-17H,3H2,1H3,(H,12,13,14,15)/t6-,7-,8-,9-/m1/s1. The SMILES string of the molecule is CO[C@@H]1[C@H](O)[C@@H](CO)O[C@H]1c1ncc2[nH]cnc2n1. The van der Waals surface area contributed by atoms with E-state index in [9.17, 15) is 5.11 Å². The van der Waals surface area contributed by atoms with Crippen molar-refractivity contribution in [2.75, 3.05) is 13.7 Å². The van der Waals surface area contributed by atoms with Gasteiger partial charge in [-0.25, -0.2) is 15.0 Å². The molecule has 1 aliphatic heterocycles. The highest BCUT2D eigenvalue weighted by Gasteiger charge is 2.45. The molecule has 0 aromatic carbocycles. The molecular formula is C11H14N4O4. The van der Waals surface area contributed by atoms with Crippen LogP contribution in [0.4, 0.5) is 0 Å². The molecule has 0 saturated carbocycles. The number of nitrogens with one attached hydrogen (secondary N) is 1. The zero-order valence-corrected chi connectivity index (χ0v) is 10.2. The lowest BCUT2D eigenvalue weighted by Gasteiger charge is -2.17. The van der Waals surface area contributed by atoms with Crippen LogP contribution >= 0.6 is 0 Å². The topological polar surface area (TPSA) is 113 Å². The molecule has 19 heavy (non-hydrogen) atoms. The monoisotopic (exact) mass is 266 g/mol. The minimum atomic E-state index is -0.918. The van der Waals surface area contributed by atoms with Gasteiger partial charge in [-0.3, -0.25) is 0 Å². The third kappa shape index (κ3) is 1.98. The minimum Gasteiger partial charge on any atom is -0.394 e. The van der Waals surface area contributed by atoms with E-state index >= 15 is 0 Å². The highest BCUT2D eigenvalue weighted by atomic mass is 16.6. The lowest BCUT2D eigenvalue weighted by molar-refractivity contribution is -0.0266. The first-order chi connectivity index (χ1) is 9.24. The number of aromatic nitrogens is 4. The van der Waals surface area contributed by atoms with Gasteiger partial charge in [0, 0.05) is 7.11 Å². The Morgan fingerprint density at radius 2 is 2.32 bits per heavy atom. The summed E-state index contributed by atoms with van der Waals surface area (Å²) in [6.07, 6.45) is 0.260. The lowest BCUT2D eigenvalue weighted by Crippen LogP contribution is -2.34. The van der Waals surface area contributed by atoms with Gasteiger partial charge in [0.25, 0.3) is 0 Å². The number of nitrogens with zero attached hydrogens (tertiary/aromatic N) is 3. The highest BCUT2D eigenvalue weighted by Crippen LogP contribution is 2.33. The van der Waals surface area contributed by atoms with Crippen LogP contribution in [0.25, 0.3) is 11.2 Å². The number of H-pyrrole nitrogens is 1. The van der Waals surface area contributed by atoms with Gasteiger partial charge in [-0.2, -0.15) is 0 Å². The van der Waals surface area contributed by atoms with E-state index in [0.717, 1.165) is 5.52 Å². The van der Waals surface area contributed by atoms with Gasteiger partial charge in [0.1, 0.15) is 29.9 Å². The summed E-state index contributed by atoms with van der Waals surface area (Å²) in [5.74, 6) is 0.376. The largest absolute Gasteiger partial charge is 0.394 e. The first kappa shape index (κ1) is 12.4. The molecule has 0 bridgehead atoms. The van der Waals surface area contributed by atoms with E-state index in [-0.39, 0.29) is 6.61 Å². The molecule has 8 nitrogen and oxygen atoms in total. The summed E-state index contributed by atoms with van der Waals surface area (Å²) in [6, 6.07) is 0. The van der Waals surface area contributed by atoms with Crippen LogP contribution in [0.5, 0.6) is 0 Å². The summed E-state index contributed by atoms with van der Waals surface area (Å²) in [6.45, 7) is -0.290. The van der Waals surface area contributed by atoms with Crippen molar-refractivity contribution in [1.82, 2.24) is 19.9 Å². The van der Waals surface area contributed by atoms with Crippen LogP contribution in [0.1, 0.15) is 11.9 Å². The van der Waals surface area contributed by atoms with Gasteiger partial charge in [-0.05, 0) is 0 Å². The number of fused-ring (bicyclic) bond motifs is 1. The summed E-state index contributed by atoms with van der Waals surface area (Å²) in [5, 5.41) is 19.1. The Balaban J connectivity index is 1.95. The third-order valence-electron chi connectivity index (χ3n) is 3.24. The second kappa shape index (κ2) is 4.82. The number of aliphatic hydroxyl groups is 2. The number of hydrogen-bond acceptors (Lipinski definition) is 7. The normalized spacial score (nSPS) is 31.1. The van der Waals surface area contributed by atoms with Crippen LogP contribution < -0.4 is 0 Å². The number of rotatable bonds is 3. The Labute approximate surface area is 108 Å². The molecule has 102 valence electrons. The number of aliphatic hydroxyl groups excluding tert-OH is 2. The fraction of sp³-hybridized carbons (Fsp3) is 0.545. The predicted octanol–water partition coefficient (Wildman–Crippen LogP) is -0.839. The number of ether oxygens (including phenoxy) is 2. The highest BCUT2D eigenvalue weighted by molar-refractivity contribution is 5.68. The molecule has 0 aliphatic carbocycles. The maximum absolute atomic E-state index is 9.97. The quantitative estimate of drug-likeness (QED) is 0.663. The number of imidazole rings is 1. The van der Waals surface area contributed by atoms with Gasteiger partial charge in [0.2, 0.25) is 0 Å². The van der Waals surface area contributed by atoms with Crippen LogP contribution in [0, 0.1) is 0 Å². The van der Waals surface area contributed by atoms with Crippen molar-refractivity contribution >= 4 is 11.2 Å². The van der Waals surface area contributed by atoms with Gasteiger partial charge in [-0.1, -0.05) is 0 Å². The van der Waals surface area contributed by atoms with Crippen LogP contribution in [0.2, 0.25) is 0 Å². The van der Waals surface area contributed by atoms with E-state index < -0.39 is 24.4 Å². The van der Waals surface area contributed by atoms with Gasteiger partial charge in [-0.15, -0.1) is 0 Å². The molecule has 0 spiro atoms. The molecule has 2 aromatic rings. The molecule has 1 saturated heterocycles. The Kier molecular flexibility index (Phi) is 3.15. The molecule has 1 aliphatic rings. The summed E-state index contributed by atoms with van der Waals surface area (Å²) >= 11 is 0. The van der Waals surface area contributed by atoms with E-state index in [4.69, 9.17) is 14.6 Å². The van der Waals surface area contributed by atoms with E-state index in [1.165, 1.54) is 13.4 Å². The smallest absolute Gasteiger partial charge is 0.180 e.